The minimum absolute atomic E-state index is 0.0336. The van der Waals surface area contributed by atoms with Gasteiger partial charge < -0.3 is 9.80 Å². The minimum atomic E-state index is -0.316. The molecule has 0 saturated carbocycles. The number of fused-ring (bicyclic) bond motifs is 12. The molecule has 0 radical (unpaired) electrons. The second-order valence-corrected chi connectivity index (χ2v) is 34.8. The molecule has 10 aromatic carbocycles. The maximum Gasteiger partial charge on any atom is 0.0465 e. The van der Waals surface area contributed by atoms with Crippen LogP contribution in [0.3, 0.4) is 0 Å². The summed E-state index contributed by atoms with van der Waals surface area (Å²) in [6.45, 7) is 23.9. The predicted octanol–water partition coefficient (Wildman–Crippen LogP) is 33.1. The monoisotopic (exact) mass is 1460 g/mol. The lowest BCUT2D eigenvalue weighted by Gasteiger charge is -2.35. The van der Waals surface area contributed by atoms with Crippen molar-refractivity contribution in [3.05, 3.63) is 274 Å². The lowest BCUT2D eigenvalue weighted by molar-refractivity contribution is 0.403. The van der Waals surface area contributed by atoms with Gasteiger partial charge in [-0.1, -0.05) is 375 Å². The van der Waals surface area contributed by atoms with Crippen LogP contribution in [0.1, 0.15) is 337 Å². The summed E-state index contributed by atoms with van der Waals surface area (Å²) < 4.78 is 0. The zero-order valence-electron chi connectivity index (χ0n) is 69.5. The van der Waals surface area contributed by atoms with Crippen molar-refractivity contribution in [2.75, 3.05) is 9.80 Å². The predicted molar refractivity (Wildman–Crippen MR) is 477 cm³/mol. The van der Waals surface area contributed by atoms with Crippen LogP contribution in [-0.4, -0.2) is 0 Å². The summed E-state index contributed by atoms with van der Waals surface area (Å²) in [6, 6.07) is 88.6. The van der Waals surface area contributed by atoms with Crippen molar-refractivity contribution in [2.24, 2.45) is 0 Å². The number of hydrogen-bond acceptors (Lipinski definition) is 2. The van der Waals surface area contributed by atoms with Crippen LogP contribution in [0.15, 0.2) is 218 Å². The fourth-order valence-electron chi connectivity index (χ4n) is 21.7. The zero-order chi connectivity index (χ0) is 76.3. The second kappa shape index (κ2) is 35.2. The van der Waals surface area contributed by atoms with Gasteiger partial charge in [0, 0.05) is 61.2 Å². The van der Waals surface area contributed by atoms with Crippen LogP contribution in [0.4, 0.5) is 34.1 Å². The van der Waals surface area contributed by atoms with Crippen molar-refractivity contribution in [1.29, 1.82) is 0 Å². The second-order valence-electron chi connectivity index (χ2n) is 34.8. The summed E-state index contributed by atoms with van der Waals surface area (Å²) >= 11 is 0. The fourth-order valence-corrected chi connectivity index (χ4v) is 21.7. The molecule has 0 heterocycles. The summed E-state index contributed by atoms with van der Waals surface area (Å²) in [5.41, 5.74) is 33.4. The van der Waals surface area contributed by atoms with Crippen molar-refractivity contribution in [3.63, 3.8) is 0 Å². The Morgan fingerprint density at radius 3 is 0.618 bits per heavy atom. The van der Waals surface area contributed by atoms with Gasteiger partial charge in [0.05, 0.1) is 0 Å². The van der Waals surface area contributed by atoms with Gasteiger partial charge in [0.25, 0.3) is 0 Å². The van der Waals surface area contributed by atoms with Crippen LogP contribution < -0.4 is 9.80 Å². The van der Waals surface area contributed by atoms with Crippen molar-refractivity contribution in [3.8, 4) is 44.5 Å². The number of benzene rings is 10. The van der Waals surface area contributed by atoms with E-state index in [1.165, 1.54) is 324 Å². The Kier molecular flexibility index (Phi) is 25.1. The van der Waals surface area contributed by atoms with Crippen LogP contribution >= 0.6 is 0 Å². The summed E-state index contributed by atoms with van der Waals surface area (Å²) in [6.07, 6.45) is 40.5. The number of nitrogens with zero attached hydrogens (tertiary/aromatic N) is 2. The molecule has 0 fully saturated rings. The normalized spacial score (nSPS) is 15.5. The smallest absolute Gasteiger partial charge is 0.0465 e. The topological polar surface area (TPSA) is 6.48 Å². The molecule has 14 rings (SSSR count). The highest BCUT2D eigenvalue weighted by Gasteiger charge is 2.47. The highest BCUT2D eigenvalue weighted by Crippen LogP contribution is 2.61. The molecule has 0 amide bonds. The molecule has 0 N–H and O–H groups in total. The molecule has 10 aromatic rings. The Labute approximate surface area is 666 Å². The van der Waals surface area contributed by atoms with E-state index in [0.717, 1.165) is 0 Å². The van der Waals surface area contributed by atoms with E-state index in [1.54, 1.807) is 22.3 Å². The van der Waals surface area contributed by atoms with E-state index in [4.69, 9.17) is 0 Å². The molecular weight excluding hydrogens is 1330 g/mol. The van der Waals surface area contributed by atoms with Gasteiger partial charge >= 0.3 is 0 Å². The third kappa shape index (κ3) is 14.8. The first-order chi connectivity index (χ1) is 53.9. The van der Waals surface area contributed by atoms with Gasteiger partial charge in [0.15, 0.2) is 0 Å². The molecule has 2 heteroatoms. The third-order valence-electron chi connectivity index (χ3n) is 27.6. The molecular formula is C108H132N2. The molecule has 4 aliphatic rings. The molecule has 574 valence electrons. The Balaban J connectivity index is 0.889. The summed E-state index contributed by atoms with van der Waals surface area (Å²) in [7, 11) is 0. The van der Waals surface area contributed by atoms with Crippen LogP contribution in [-0.2, 0) is 27.1 Å². The van der Waals surface area contributed by atoms with E-state index < -0.39 is 0 Å². The van der Waals surface area contributed by atoms with Crippen LogP contribution in [0.2, 0.25) is 0 Å². The Hall–Kier alpha value is -8.20. The van der Waals surface area contributed by atoms with E-state index in [1.807, 2.05) is 0 Å². The lowest BCUT2D eigenvalue weighted by Crippen LogP contribution is -2.26. The molecule has 0 saturated heterocycles. The van der Waals surface area contributed by atoms with Gasteiger partial charge in [-0.15, -0.1) is 0 Å². The Morgan fingerprint density at radius 1 is 0.200 bits per heavy atom. The largest absolute Gasteiger partial charge is 0.310 e. The number of unbranched alkanes of at least 4 members (excludes halogenated alkanes) is 17. The van der Waals surface area contributed by atoms with Gasteiger partial charge in [-0.05, 0) is 224 Å². The molecule has 0 aromatic heterocycles. The van der Waals surface area contributed by atoms with Crippen molar-refractivity contribution in [2.45, 2.75) is 308 Å². The van der Waals surface area contributed by atoms with Crippen molar-refractivity contribution >= 4 is 34.1 Å². The third-order valence-corrected chi connectivity index (χ3v) is 27.6. The van der Waals surface area contributed by atoms with E-state index in [9.17, 15) is 0 Å². The number of hydrogen-bond donors (Lipinski definition) is 0. The van der Waals surface area contributed by atoms with Crippen molar-refractivity contribution in [1.82, 2.24) is 0 Å². The molecule has 0 bridgehead atoms. The van der Waals surface area contributed by atoms with Gasteiger partial charge in [-0.2, -0.15) is 0 Å². The van der Waals surface area contributed by atoms with E-state index >= 15 is 0 Å². The van der Waals surface area contributed by atoms with E-state index in [2.05, 4.69) is 297 Å². The highest BCUT2D eigenvalue weighted by atomic mass is 15.1. The molecule has 1 unspecified atom stereocenters. The average molecular weight is 1460 g/mol. The number of anilines is 6. The molecule has 4 aliphatic carbocycles. The maximum absolute atomic E-state index is 2.68. The first-order valence-electron chi connectivity index (χ1n) is 44.7. The summed E-state index contributed by atoms with van der Waals surface area (Å²) in [4.78, 5) is 5.33. The van der Waals surface area contributed by atoms with Crippen LogP contribution in [0.25, 0.3) is 44.5 Å². The quantitative estimate of drug-likeness (QED) is 0.0353. The molecule has 2 nitrogen and oxygen atoms in total. The summed E-state index contributed by atoms with van der Waals surface area (Å²) in [5.74, 6) is 0. The fraction of sp³-hybridized carbons (Fsp3) is 0.444. The van der Waals surface area contributed by atoms with Gasteiger partial charge in [0.1, 0.15) is 0 Å². The van der Waals surface area contributed by atoms with E-state index in [0.29, 0.717) is 0 Å². The average Bonchev–Trinajstić information content (AvgIpc) is 1.57. The minimum Gasteiger partial charge on any atom is -0.310 e. The summed E-state index contributed by atoms with van der Waals surface area (Å²) in [5, 5.41) is 0. The molecule has 0 spiro atoms. The van der Waals surface area contributed by atoms with Gasteiger partial charge in [-0.25, -0.2) is 0 Å². The van der Waals surface area contributed by atoms with Crippen molar-refractivity contribution < 1.29 is 0 Å². The van der Waals surface area contributed by atoms with Crippen LogP contribution in [0, 0.1) is 0 Å². The zero-order valence-corrected chi connectivity index (χ0v) is 69.5. The van der Waals surface area contributed by atoms with E-state index in [-0.39, 0.29) is 27.1 Å². The number of rotatable bonds is 41. The van der Waals surface area contributed by atoms with Crippen LogP contribution in [0.5, 0.6) is 0 Å². The molecule has 110 heavy (non-hydrogen) atoms. The Bertz CT molecular complexity index is 4550. The Morgan fingerprint density at radius 2 is 0.391 bits per heavy atom. The standard InChI is InChI=1S/C108H132N2/c1-11-19-27-43-75-108(74-42-26-18-8)99-51-35-31-47-91(99)95-67-63-87(79-103(95)108)110(86-62-66-94-90-46-30-34-50-98(90)107(102(94)78-86,72-40-24-16-6)73-41-25-17-7)83-58-54-81(55-59-83)104(9,10)80-52-56-82(57-53-80)109(84-60-64-92-88-44-28-32-48-96(88)105(100(92)76-84,68-36-20-12-2)69-37-21-13-3)85-61-65-93-89-45-29-33-49-97(89)106(101(93)77-85,70-38-22-14-4)71-39-23-15-5/h28-35,44-67,76-79H,11-27,36-43,68-75H2,1-10H3. The highest BCUT2D eigenvalue weighted by molar-refractivity contribution is 5.91. The first kappa shape index (κ1) is 78.5. The van der Waals surface area contributed by atoms with Gasteiger partial charge in [0.2, 0.25) is 0 Å². The lowest BCUT2D eigenvalue weighted by atomic mass is 9.70. The molecule has 0 aliphatic heterocycles. The molecule has 1 atom stereocenters. The SMILES string of the molecule is CCCCCCC1(CCCCC)c2ccccc2-c2ccc(N(c3ccc(C(C)(C)c4ccc(N(c5ccc6c(c5)C(CCCCC)(CCCCC)c5ccccc5-6)c5ccc6c(c5)C(CCCCC)(CCCCC)c5ccccc5-6)cc4)cc3)c3ccc4c(c3)C(CCCCC)(CCCCC)c3ccccc3-4)cc21. The van der Waals surface area contributed by atoms with Gasteiger partial charge in [-0.3, -0.25) is 0 Å². The first-order valence-corrected chi connectivity index (χ1v) is 44.7. The maximum atomic E-state index is 2.68.